The third-order valence-electron chi connectivity index (χ3n) is 2.72. The van der Waals surface area contributed by atoms with Crippen LogP contribution in [0.3, 0.4) is 0 Å². The van der Waals surface area contributed by atoms with Gasteiger partial charge in [0.05, 0.1) is 24.7 Å². The standard InChI is InChI=1S/C12H10BrNO4/c1-18-9(15)5-6-14-11(16)7-3-2-4-8(13)10(7)12(14)17/h2-4H,5-6H2,1H3. The van der Waals surface area contributed by atoms with Crippen LogP contribution in [0, 0.1) is 0 Å². The maximum absolute atomic E-state index is 12.1. The Morgan fingerprint density at radius 2 is 2.06 bits per heavy atom. The first kappa shape index (κ1) is 12.8. The predicted molar refractivity (Wildman–Crippen MR) is 66.1 cm³/mol. The van der Waals surface area contributed by atoms with Crippen LogP contribution < -0.4 is 0 Å². The summed E-state index contributed by atoms with van der Waals surface area (Å²) in [7, 11) is 1.27. The predicted octanol–water partition coefficient (Wildman–Crippen LogP) is 1.61. The van der Waals surface area contributed by atoms with E-state index in [-0.39, 0.29) is 24.8 Å². The molecule has 2 rings (SSSR count). The summed E-state index contributed by atoms with van der Waals surface area (Å²) in [5.74, 6) is -1.21. The number of carbonyl (C=O) groups is 3. The summed E-state index contributed by atoms with van der Waals surface area (Å²) in [6.07, 6.45) is -0.000409. The van der Waals surface area contributed by atoms with Crippen molar-refractivity contribution in [1.29, 1.82) is 0 Å². The van der Waals surface area contributed by atoms with Gasteiger partial charge >= 0.3 is 5.97 Å². The zero-order valence-corrected chi connectivity index (χ0v) is 11.2. The molecule has 0 fully saturated rings. The van der Waals surface area contributed by atoms with E-state index >= 15 is 0 Å². The van der Waals surface area contributed by atoms with Gasteiger partial charge in [0.25, 0.3) is 11.8 Å². The topological polar surface area (TPSA) is 63.7 Å². The minimum absolute atomic E-state index is 0.000409. The molecule has 0 spiro atoms. The van der Waals surface area contributed by atoms with E-state index in [1.165, 1.54) is 7.11 Å². The highest BCUT2D eigenvalue weighted by atomic mass is 79.9. The fraction of sp³-hybridized carbons (Fsp3) is 0.250. The number of carbonyl (C=O) groups excluding carboxylic acids is 3. The minimum Gasteiger partial charge on any atom is -0.469 e. The molecule has 94 valence electrons. The van der Waals surface area contributed by atoms with Crippen molar-refractivity contribution < 1.29 is 19.1 Å². The summed E-state index contributed by atoms with van der Waals surface area (Å²) in [4.78, 5) is 36.1. The van der Waals surface area contributed by atoms with Gasteiger partial charge in [-0.3, -0.25) is 19.3 Å². The lowest BCUT2D eigenvalue weighted by molar-refractivity contribution is -0.140. The van der Waals surface area contributed by atoms with Crippen molar-refractivity contribution in [2.24, 2.45) is 0 Å². The Labute approximate surface area is 112 Å². The van der Waals surface area contributed by atoms with E-state index in [4.69, 9.17) is 0 Å². The lowest BCUT2D eigenvalue weighted by Gasteiger charge is -2.12. The molecule has 0 aromatic heterocycles. The second kappa shape index (κ2) is 4.89. The first-order valence-corrected chi connectivity index (χ1v) is 6.07. The molecule has 0 unspecified atom stereocenters. The first-order valence-electron chi connectivity index (χ1n) is 5.27. The number of halogens is 1. The fourth-order valence-corrected chi connectivity index (χ4v) is 2.34. The van der Waals surface area contributed by atoms with Gasteiger partial charge in [0, 0.05) is 11.0 Å². The van der Waals surface area contributed by atoms with Gasteiger partial charge in [-0.2, -0.15) is 0 Å². The Bertz CT molecular complexity index is 541. The molecule has 18 heavy (non-hydrogen) atoms. The molecule has 0 aliphatic carbocycles. The number of benzene rings is 1. The van der Waals surface area contributed by atoms with Crippen LogP contribution in [-0.2, 0) is 9.53 Å². The van der Waals surface area contributed by atoms with Gasteiger partial charge in [-0.1, -0.05) is 6.07 Å². The van der Waals surface area contributed by atoms with Crippen molar-refractivity contribution in [1.82, 2.24) is 4.90 Å². The first-order chi connectivity index (χ1) is 8.56. The summed E-state index contributed by atoms with van der Waals surface area (Å²) in [6.45, 7) is 0.0332. The molecule has 5 nitrogen and oxygen atoms in total. The van der Waals surface area contributed by atoms with Crippen molar-refractivity contribution in [2.45, 2.75) is 6.42 Å². The number of hydrogen-bond acceptors (Lipinski definition) is 4. The Hall–Kier alpha value is -1.69. The lowest BCUT2D eigenvalue weighted by Crippen LogP contribution is -2.32. The lowest BCUT2D eigenvalue weighted by atomic mass is 10.1. The number of amides is 2. The summed E-state index contributed by atoms with van der Waals surface area (Å²) >= 11 is 3.25. The molecule has 0 radical (unpaired) electrons. The molecule has 0 bridgehead atoms. The minimum atomic E-state index is -0.453. The van der Waals surface area contributed by atoms with Gasteiger partial charge in [0.15, 0.2) is 0 Å². The molecule has 0 saturated carbocycles. The molecule has 1 aliphatic rings. The maximum atomic E-state index is 12.1. The number of fused-ring (bicyclic) bond motifs is 1. The van der Waals surface area contributed by atoms with Crippen molar-refractivity contribution in [3.63, 3.8) is 0 Å². The number of esters is 1. The summed E-state index contributed by atoms with van der Waals surface area (Å²) in [6, 6.07) is 4.99. The van der Waals surface area contributed by atoms with Crippen LogP contribution in [-0.4, -0.2) is 36.3 Å². The van der Waals surface area contributed by atoms with E-state index in [0.717, 1.165) is 4.90 Å². The third-order valence-corrected chi connectivity index (χ3v) is 3.38. The van der Waals surface area contributed by atoms with Crippen molar-refractivity contribution >= 4 is 33.7 Å². The monoisotopic (exact) mass is 311 g/mol. The molecule has 0 saturated heterocycles. The van der Waals surface area contributed by atoms with E-state index in [1.807, 2.05) is 0 Å². The average molecular weight is 312 g/mol. The molecule has 1 aromatic rings. The summed E-state index contributed by atoms with van der Waals surface area (Å²) < 4.78 is 5.07. The van der Waals surface area contributed by atoms with Crippen molar-refractivity contribution in [3.8, 4) is 0 Å². The second-order valence-electron chi connectivity index (χ2n) is 3.75. The van der Waals surface area contributed by atoms with E-state index in [2.05, 4.69) is 20.7 Å². The third kappa shape index (κ3) is 2.03. The summed E-state index contributed by atoms with van der Waals surface area (Å²) in [5.41, 5.74) is 0.714. The average Bonchev–Trinajstić information content (AvgIpc) is 2.60. The van der Waals surface area contributed by atoms with Crippen LogP contribution in [0.1, 0.15) is 27.1 Å². The Morgan fingerprint density at radius 1 is 1.33 bits per heavy atom. The van der Waals surface area contributed by atoms with Crippen LogP contribution >= 0.6 is 15.9 Å². The van der Waals surface area contributed by atoms with Gasteiger partial charge < -0.3 is 4.74 Å². The van der Waals surface area contributed by atoms with E-state index < -0.39 is 5.97 Å². The number of imide groups is 1. The largest absolute Gasteiger partial charge is 0.469 e. The van der Waals surface area contributed by atoms with Gasteiger partial charge in [0.1, 0.15) is 0 Å². The SMILES string of the molecule is COC(=O)CCN1C(=O)c2cccc(Br)c2C1=O. The van der Waals surface area contributed by atoms with Gasteiger partial charge in [-0.05, 0) is 28.1 Å². The Balaban J connectivity index is 2.24. The zero-order valence-electron chi connectivity index (χ0n) is 9.60. The fourth-order valence-electron chi connectivity index (χ4n) is 1.80. The molecule has 1 aliphatic heterocycles. The van der Waals surface area contributed by atoms with Gasteiger partial charge in [0.2, 0.25) is 0 Å². The number of methoxy groups -OCH3 is 1. The van der Waals surface area contributed by atoms with Gasteiger partial charge in [-0.15, -0.1) is 0 Å². The highest BCUT2D eigenvalue weighted by Crippen LogP contribution is 2.29. The van der Waals surface area contributed by atoms with Crippen LogP contribution in [0.15, 0.2) is 22.7 Å². The van der Waals surface area contributed by atoms with Crippen LogP contribution in [0.25, 0.3) is 0 Å². The highest BCUT2D eigenvalue weighted by Gasteiger charge is 2.36. The van der Waals surface area contributed by atoms with E-state index in [0.29, 0.717) is 15.6 Å². The summed E-state index contributed by atoms with van der Waals surface area (Å²) in [5, 5.41) is 0. The molecule has 0 atom stereocenters. The van der Waals surface area contributed by atoms with Crippen LogP contribution in [0.2, 0.25) is 0 Å². The number of rotatable bonds is 3. The number of nitrogens with zero attached hydrogens (tertiary/aromatic N) is 1. The van der Waals surface area contributed by atoms with Crippen LogP contribution in [0.4, 0.5) is 0 Å². The molecule has 1 aromatic carbocycles. The quantitative estimate of drug-likeness (QED) is 0.628. The maximum Gasteiger partial charge on any atom is 0.307 e. The van der Waals surface area contributed by atoms with Crippen molar-refractivity contribution in [2.75, 3.05) is 13.7 Å². The second-order valence-corrected chi connectivity index (χ2v) is 4.60. The van der Waals surface area contributed by atoms with E-state index in [9.17, 15) is 14.4 Å². The zero-order chi connectivity index (χ0) is 13.3. The molecule has 1 heterocycles. The Kier molecular flexibility index (Phi) is 3.47. The van der Waals surface area contributed by atoms with Gasteiger partial charge in [-0.25, -0.2) is 0 Å². The van der Waals surface area contributed by atoms with Crippen LogP contribution in [0.5, 0.6) is 0 Å². The molecular weight excluding hydrogens is 302 g/mol. The van der Waals surface area contributed by atoms with E-state index in [1.54, 1.807) is 18.2 Å². The molecular formula is C12H10BrNO4. The number of hydrogen-bond donors (Lipinski definition) is 0. The molecule has 6 heteroatoms. The normalized spacial score (nSPS) is 13.8. The smallest absolute Gasteiger partial charge is 0.307 e. The molecule has 2 amide bonds. The highest BCUT2D eigenvalue weighted by molar-refractivity contribution is 9.10. The van der Waals surface area contributed by atoms with Crippen molar-refractivity contribution in [3.05, 3.63) is 33.8 Å². The molecule has 0 N–H and O–H groups in total. The number of ether oxygens (including phenoxy) is 1. The Morgan fingerprint density at radius 3 is 2.67 bits per heavy atom.